The monoisotopic (exact) mass is 724 g/mol. The van der Waals surface area contributed by atoms with E-state index < -0.39 is 17.4 Å². The number of aromatic carboxylic acids is 1. The van der Waals surface area contributed by atoms with Crippen molar-refractivity contribution in [1.82, 2.24) is 20.1 Å². The summed E-state index contributed by atoms with van der Waals surface area (Å²) in [5.41, 5.74) is 2.81. The van der Waals surface area contributed by atoms with Crippen LogP contribution in [0.15, 0.2) is 66.8 Å². The first-order valence-electron chi connectivity index (χ1n) is 15.3. The number of nitrogens with one attached hydrogen (secondary N) is 1. The van der Waals surface area contributed by atoms with Crippen molar-refractivity contribution in [2.24, 2.45) is 5.92 Å². The normalized spacial score (nSPS) is 20.9. The van der Waals surface area contributed by atoms with Crippen LogP contribution in [0, 0.1) is 5.92 Å². The van der Waals surface area contributed by atoms with Crippen molar-refractivity contribution in [3.05, 3.63) is 89.1 Å². The van der Waals surface area contributed by atoms with Gasteiger partial charge in [0.25, 0.3) is 5.91 Å². The summed E-state index contributed by atoms with van der Waals surface area (Å²) in [5.74, 6) is -1.03. The lowest BCUT2D eigenvalue weighted by molar-refractivity contribution is 0.0699. The third kappa shape index (κ3) is 8.10. The molecule has 238 valence electrons. The van der Waals surface area contributed by atoms with Crippen LogP contribution in [-0.4, -0.2) is 93.4 Å². The van der Waals surface area contributed by atoms with Gasteiger partial charge in [0.15, 0.2) is 0 Å². The van der Waals surface area contributed by atoms with Gasteiger partial charge in [-0.3, -0.25) is 4.79 Å². The number of aromatic nitrogens is 1. The van der Waals surface area contributed by atoms with Crippen LogP contribution in [0.25, 0.3) is 16.5 Å². The highest BCUT2D eigenvalue weighted by atomic mass is 127. The van der Waals surface area contributed by atoms with Crippen LogP contribution in [0.1, 0.15) is 51.7 Å². The first kappa shape index (κ1) is 33.1. The average Bonchev–Trinajstić information content (AvgIpc) is 3.70. The molecule has 10 heteroatoms. The van der Waals surface area contributed by atoms with E-state index in [1.54, 1.807) is 18.2 Å². The fourth-order valence-electron chi connectivity index (χ4n) is 5.95. The number of carbonyl (C=O) groups is 2. The first-order valence-corrected chi connectivity index (χ1v) is 16.8. The molecule has 1 saturated carbocycles. The maximum Gasteiger partial charge on any atom is 0.336 e. The van der Waals surface area contributed by atoms with Gasteiger partial charge in [-0.2, -0.15) is 0 Å². The lowest BCUT2D eigenvalue weighted by atomic mass is 9.91. The fraction of sp³-hybridized carbons (Fsp3) is 0.400. The second kappa shape index (κ2) is 14.4. The summed E-state index contributed by atoms with van der Waals surface area (Å²) in [6, 6.07) is 13.8. The van der Waals surface area contributed by atoms with Gasteiger partial charge in [-0.05, 0) is 86.4 Å². The molecule has 45 heavy (non-hydrogen) atoms. The summed E-state index contributed by atoms with van der Waals surface area (Å²) in [4.78, 5) is 35.3. The quantitative estimate of drug-likeness (QED) is 0.150. The molecule has 2 aliphatic carbocycles. The van der Waals surface area contributed by atoms with Crippen molar-refractivity contribution >= 4 is 50.9 Å². The molecule has 3 N–H and O–H groups in total. The Morgan fingerprint density at radius 3 is 2.58 bits per heavy atom. The SMILES string of the molecule is CCN(C)CCN(C)CC1C=C(c2ccc3nc(C(=O)NC4(Cc5ccc(O)cc5)CC4OCI)cc(C(=O)O)c3c2)C=CC1. The highest BCUT2D eigenvalue weighted by molar-refractivity contribution is 14.1. The molecule has 2 aliphatic rings. The summed E-state index contributed by atoms with van der Waals surface area (Å²) < 4.78 is 6.33. The van der Waals surface area contributed by atoms with E-state index in [1.165, 1.54) is 6.07 Å². The van der Waals surface area contributed by atoms with Crippen molar-refractivity contribution in [3.8, 4) is 5.75 Å². The third-order valence-corrected chi connectivity index (χ3v) is 9.15. The van der Waals surface area contributed by atoms with Crippen LogP contribution in [0.5, 0.6) is 5.75 Å². The largest absolute Gasteiger partial charge is 0.508 e. The summed E-state index contributed by atoms with van der Waals surface area (Å²) in [5, 5.41) is 23.4. The number of aromatic hydroxyl groups is 1. The van der Waals surface area contributed by atoms with Crippen LogP contribution < -0.4 is 5.32 Å². The molecule has 0 radical (unpaired) electrons. The molecule has 9 nitrogen and oxygen atoms in total. The van der Waals surface area contributed by atoms with E-state index >= 15 is 0 Å². The number of hydrogen-bond donors (Lipinski definition) is 3. The molecule has 1 fully saturated rings. The van der Waals surface area contributed by atoms with Crippen LogP contribution >= 0.6 is 22.6 Å². The molecule has 1 aromatic heterocycles. The number of likely N-dealkylation sites (N-methyl/N-ethyl adjacent to an activating group) is 2. The van der Waals surface area contributed by atoms with E-state index in [2.05, 4.69) is 81.9 Å². The van der Waals surface area contributed by atoms with E-state index in [0.717, 1.165) is 49.3 Å². The van der Waals surface area contributed by atoms with Gasteiger partial charge in [0.2, 0.25) is 0 Å². The number of rotatable bonds is 14. The first-order chi connectivity index (χ1) is 21.6. The van der Waals surface area contributed by atoms with Crippen LogP contribution in [-0.2, 0) is 11.2 Å². The Labute approximate surface area is 278 Å². The number of halogens is 1. The Kier molecular flexibility index (Phi) is 10.6. The van der Waals surface area contributed by atoms with Crippen LogP contribution in [0.2, 0.25) is 0 Å². The standard InChI is InChI=1S/C35H41IN4O5/c1-4-39(2)14-15-40(3)21-24-6-5-7-25(16-24)26-10-13-30-28(17-26)29(34(43)44)18-31(37-30)33(42)38-35(20-32(35)45-22-36)19-23-8-11-27(41)12-9-23/h5,7-13,16-18,24,32,41H,4,6,14-15,19-22H2,1-3H3,(H,38,42)(H,43,44). The number of phenols is 1. The van der Waals surface area contributed by atoms with Crippen molar-refractivity contribution in [1.29, 1.82) is 0 Å². The number of amides is 1. The molecule has 1 amide bonds. The number of carbonyl (C=O) groups excluding carboxylic acids is 1. The Balaban J connectivity index is 1.36. The molecular formula is C35H41IN4O5. The zero-order valence-electron chi connectivity index (χ0n) is 26.0. The van der Waals surface area contributed by atoms with Gasteiger partial charge in [-0.15, -0.1) is 0 Å². The number of hydrogen-bond acceptors (Lipinski definition) is 7. The minimum Gasteiger partial charge on any atom is -0.508 e. The summed E-state index contributed by atoms with van der Waals surface area (Å²) in [6.45, 7) is 6.15. The van der Waals surface area contributed by atoms with E-state index in [-0.39, 0.29) is 23.1 Å². The maximum atomic E-state index is 13.6. The minimum atomic E-state index is -1.12. The third-order valence-electron chi connectivity index (χ3n) is 8.79. The van der Waals surface area contributed by atoms with Crippen LogP contribution in [0.4, 0.5) is 0 Å². The number of alkyl halides is 1. The van der Waals surface area contributed by atoms with Gasteiger partial charge in [0, 0.05) is 31.4 Å². The number of fused-ring (bicyclic) bond motifs is 1. The second-order valence-electron chi connectivity index (χ2n) is 12.2. The Bertz CT molecular complexity index is 1610. The lowest BCUT2D eigenvalue weighted by Gasteiger charge is -2.25. The van der Waals surface area contributed by atoms with Crippen molar-refractivity contribution < 1.29 is 24.5 Å². The highest BCUT2D eigenvalue weighted by Gasteiger charge is 2.56. The number of carboxylic acids is 1. The fourth-order valence-corrected chi connectivity index (χ4v) is 6.39. The number of ether oxygens (including phenoxy) is 1. The zero-order valence-corrected chi connectivity index (χ0v) is 28.2. The molecule has 0 aliphatic heterocycles. The lowest BCUT2D eigenvalue weighted by Crippen LogP contribution is -2.42. The maximum absolute atomic E-state index is 13.6. The molecule has 3 aromatic rings. The van der Waals surface area contributed by atoms with E-state index in [0.29, 0.717) is 34.3 Å². The molecule has 0 saturated heterocycles. The number of phenolic OH excluding ortho intramolecular Hbond substituents is 1. The Morgan fingerprint density at radius 1 is 1.11 bits per heavy atom. The van der Waals surface area contributed by atoms with Crippen molar-refractivity contribution in [3.63, 3.8) is 0 Å². The van der Waals surface area contributed by atoms with E-state index in [1.807, 2.05) is 24.3 Å². The second-order valence-corrected chi connectivity index (χ2v) is 12.8. The summed E-state index contributed by atoms with van der Waals surface area (Å²) >= 11 is 2.13. The van der Waals surface area contributed by atoms with Crippen molar-refractivity contribution in [2.45, 2.75) is 37.8 Å². The molecule has 5 rings (SSSR count). The molecule has 3 unspecified atom stereocenters. The van der Waals surface area contributed by atoms with E-state index in [9.17, 15) is 19.8 Å². The number of benzene rings is 2. The summed E-state index contributed by atoms with van der Waals surface area (Å²) in [7, 11) is 4.28. The molecule has 0 spiro atoms. The van der Waals surface area contributed by atoms with Gasteiger partial charge in [-0.25, -0.2) is 9.78 Å². The summed E-state index contributed by atoms with van der Waals surface area (Å²) in [6.07, 6.45) is 8.47. The van der Waals surface area contributed by atoms with Gasteiger partial charge in [-0.1, -0.05) is 65.9 Å². The predicted octanol–water partition coefficient (Wildman–Crippen LogP) is 5.37. The molecule has 0 bridgehead atoms. The number of nitrogens with zero attached hydrogens (tertiary/aromatic N) is 3. The van der Waals surface area contributed by atoms with Gasteiger partial charge in [0.05, 0.1) is 27.3 Å². The van der Waals surface area contributed by atoms with Crippen molar-refractivity contribution in [2.75, 3.05) is 44.9 Å². The topological polar surface area (TPSA) is 115 Å². The predicted molar refractivity (Wildman–Crippen MR) is 185 cm³/mol. The smallest absolute Gasteiger partial charge is 0.336 e. The zero-order chi connectivity index (χ0) is 32.1. The Hall–Kier alpha value is -3.32. The number of pyridine rings is 1. The average molecular weight is 725 g/mol. The molecule has 1 heterocycles. The highest BCUT2D eigenvalue weighted by Crippen LogP contribution is 2.43. The number of allylic oxidation sites excluding steroid dienone is 3. The molecule has 2 aromatic carbocycles. The Morgan fingerprint density at radius 2 is 1.87 bits per heavy atom. The molecule has 3 atom stereocenters. The minimum absolute atomic E-state index is 0.0344. The van der Waals surface area contributed by atoms with Gasteiger partial charge < -0.3 is 30.1 Å². The number of carboxylic acid groups (broad SMARTS) is 1. The van der Waals surface area contributed by atoms with Gasteiger partial charge >= 0.3 is 5.97 Å². The van der Waals surface area contributed by atoms with Gasteiger partial charge in [0.1, 0.15) is 11.4 Å². The molecular weight excluding hydrogens is 683 g/mol. The van der Waals surface area contributed by atoms with E-state index in [4.69, 9.17) is 4.74 Å². The van der Waals surface area contributed by atoms with Crippen LogP contribution in [0.3, 0.4) is 0 Å².